The van der Waals surface area contributed by atoms with Gasteiger partial charge in [0.2, 0.25) is 11.8 Å². The maximum Gasteiger partial charge on any atom is 0.259 e. The zero-order valence-electron chi connectivity index (χ0n) is 11.3. The molecule has 1 unspecified atom stereocenters. The summed E-state index contributed by atoms with van der Waals surface area (Å²) in [5, 5.41) is 3.05. The number of benzene rings is 1. The summed E-state index contributed by atoms with van der Waals surface area (Å²) >= 11 is 3.30. The zero-order valence-corrected chi connectivity index (χ0v) is 12.9. The van der Waals surface area contributed by atoms with Gasteiger partial charge < -0.3 is 0 Å². The first kappa shape index (κ1) is 13.4. The molecule has 3 heterocycles. The third-order valence-electron chi connectivity index (χ3n) is 4.01. The van der Waals surface area contributed by atoms with Gasteiger partial charge in [0.15, 0.2) is 0 Å². The fraction of sp³-hybridized carbons (Fsp3) is 0.200. The topological polar surface area (TPSA) is 79.4 Å². The third-order valence-corrected chi connectivity index (χ3v) is 4.42. The normalized spacial score (nSPS) is 20.7. The van der Waals surface area contributed by atoms with E-state index in [1.807, 2.05) is 6.07 Å². The maximum atomic E-state index is 12.8. The minimum absolute atomic E-state index is 0.231. The average Bonchev–Trinajstić information content (AvgIpc) is 2.74. The van der Waals surface area contributed by atoms with Gasteiger partial charge in [0.05, 0.1) is 16.8 Å². The van der Waals surface area contributed by atoms with Gasteiger partial charge in [0.25, 0.3) is 5.91 Å². The SMILES string of the molecule is O=C1CCC(N2C(=O)c3cc(Br)nc4cccc2c34)C(=O)N1. The highest BCUT2D eigenvalue weighted by Gasteiger charge is 2.40. The second-order valence-electron chi connectivity index (χ2n) is 5.31. The predicted octanol–water partition coefficient (Wildman–Crippen LogP) is 1.76. The Kier molecular flexibility index (Phi) is 2.80. The van der Waals surface area contributed by atoms with E-state index in [-0.39, 0.29) is 18.2 Å². The Bertz CT molecular complexity index is 864. The van der Waals surface area contributed by atoms with Crippen LogP contribution in [0.4, 0.5) is 5.69 Å². The molecule has 7 heteroatoms. The molecule has 1 fully saturated rings. The van der Waals surface area contributed by atoms with Gasteiger partial charge >= 0.3 is 0 Å². The molecule has 6 nitrogen and oxygen atoms in total. The van der Waals surface area contributed by atoms with Gasteiger partial charge in [-0.15, -0.1) is 0 Å². The second-order valence-corrected chi connectivity index (χ2v) is 6.12. The average molecular weight is 360 g/mol. The van der Waals surface area contributed by atoms with Crippen molar-refractivity contribution in [2.75, 3.05) is 4.90 Å². The van der Waals surface area contributed by atoms with Crippen molar-refractivity contribution in [3.05, 3.63) is 34.4 Å². The molecule has 3 amide bonds. The van der Waals surface area contributed by atoms with E-state index in [0.29, 0.717) is 27.8 Å². The molecule has 1 aromatic heterocycles. The number of hydrogen-bond acceptors (Lipinski definition) is 4. The van der Waals surface area contributed by atoms with Gasteiger partial charge in [-0.05, 0) is 40.5 Å². The van der Waals surface area contributed by atoms with Crippen LogP contribution in [0, 0.1) is 0 Å². The predicted molar refractivity (Wildman–Crippen MR) is 82.4 cm³/mol. The van der Waals surface area contributed by atoms with E-state index >= 15 is 0 Å². The van der Waals surface area contributed by atoms with Crippen molar-refractivity contribution in [3.8, 4) is 0 Å². The molecule has 1 aromatic carbocycles. The molecule has 0 spiro atoms. The van der Waals surface area contributed by atoms with Crippen molar-refractivity contribution in [2.45, 2.75) is 18.9 Å². The summed E-state index contributed by atoms with van der Waals surface area (Å²) in [7, 11) is 0. The number of nitrogens with one attached hydrogen (secondary N) is 1. The number of aromatic nitrogens is 1. The number of carbonyl (C=O) groups excluding carboxylic acids is 3. The van der Waals surface area contributed by atoms with Gasteiger partial charge in [0, 0.05) is 11.8 Å². The van der Waals surface area contributed by atoms with Gasteiger partial charge in [-0.2, -0.15) is 0 Å². The highest BCUT2D eigenvalue weighted by Crippen LogP contribution is 2.39. The summed E-state index contributed by atoms with van der Waals surface area (Å²) in [5.41, 5.74) is 1.90. The molecular weight excluding hydrogens is 350 g/mol. The quantitative estimate of drug-likeness (QED) is 0.621. The van der Waals surface area contributed by atoms with Gasteiger partial charge in [-0.3, -0.25) is 24.6 Å². The van der Waals surface area contributed by atoms with Crippen LogP contribution in [0.1, 0.15) is 23.2 Å². The zero-order chi connectivity index (χ0) is 15.4. The number of amides is 3. The highest BCUT2D eigenvalue weighted by atomic mass is 79.9. The Morgan fingerprint density at radius 2 is 2.09 bits per heavy atom. The lowest BCUT2D eigenvalue weighted by Gasteiger charge is -2.30. The fourth-order valence-electron chi connectivity index (χ4n) is 3.08. The molecule has 1 saturated heterocycles. The third kappa shape index (κ3) is 1.78. The van der Waals surface area contributed by atoms with Crippen molar-refractivity contribution in [3.63, 3.8) is 0 Å². The van der Waals surface area contributed by atoms with Crippen molar-refractivity contribution in [2.24, 2.45) is 0 Å². The van der Waals surface area contributed by atoms with Crippen molar-refractivity contribution in [1.82, 2.24) is 10.3 Å². The molecule has 2 aliphatic rings. The molecule has 1 N–H and O–H groups in total. The Hall–Kier alpha value is -2.28. The molecule has 22 heavy (non-hydrogen) atoms. The Morgan fingerprint density at radius 3 is 2.86 bits per heavy atom. The first-order valence-electron chi connectivity index (χ1n) is 6.83. The van der Waals surface area contributed by atoms with Crippen molar-refractivity contribution < 1.29 is 14.4 Å². The van der Waals surface area contributed by atoms with Crippen LogP contribution < -0.4 is 10.2 Å². The number of halogens is 1. The Labute approximate surface area is 133 Å². The van der Waals surface area contributed by atoms with Gasteiger partial charge in [-0.25, -0.2) is 4.98 Å². The number of imide groups is 1. The van der Waals surface area contributed by atoms with E-state index in [2.05, 4.69) is 26.2 Å². The Balaban J connectivity index is 1.88. The largest absolute Gasteiger partial charge is 0.295 e. The van der Waals surface area contributed by atoms with Crippen LogP contribution in [0.15, 0.2) is 28.9 Å². The summed E-state index contributed by atoms with van der Waals surface area (Å²) < 4.78 is 0.575. The summed E-state index contributed by atoms with van der Waals surface area (Å²) in [5.74, 6) is -0.960. The van der Waals surface area contributed by atoms with Crippen LogP contribution in [0.5, 0.6) is 0 Å². The Morgan fingerprint density at radius 1 is 1.27 bits per heavy atom. The van der Waals surface area contributed by atoms with E-state index in [1.54, 1.807) is 18.2 Å². The van der Waals surface area contributed by atoms with E-state index in [9.17, 15) is 14.4 Å². The second kappa shape index (κ2) is 4.61. The number of anilines is 1. The van der Waals surface area contributed by atoms with E-state index in [0.717, 1.165) is 5.39 Å². The minimum Gasteiger partial charge on any atom is -0.295 e. The highest BCUT2D eigenvalue weighted by molar-refractivity contribution is 9.10. The lowest BCUT2D eigenvalue weighted by Crippen LogP contribution is -2.53. The summed E-state index contributed by atoms with van der Waals surface area (Å²) in [6, 6.07) is 6.44. The fourth-order valence-corrected chi connectivity index (χ4v) is 3.50. The van der Waals surface area contributed by atoms with Crippen LogP contribution >= 0.6 is 15.9 Å². The number of nitrogens with zero attached hydrogens (tertiary/aromatic N) is 2. The molecule has 2 aliphatic heterocycles. The molecule has 4 rings (SSSR count). The molecular formula is C15H10BrN3O3. The number of pyridine rings is 1. The standard InChI is InChI=1S/C15H10BrN3O3/c16-11-6-7-13-8(17-11)2-1-3-9(13)19(15(7)22)10-4-5-12(20)18-14(10)21/h1-3,6,10H,4-5H2,(H,18,20,21). The number of rotatable bonds is 1. The first-order valence-corrected chi connectivity index (χ1v) is 7.62. The summed E-state index contributed by atoms with van der Waals surface area (Å²) in [4.78, 5) is 42.1. The molecule has 0 aliphatic carbocycles. The molecule has 110 valence electrons. The van der Waals surface area contributed by atoms with Crippen LogP contribution in [-0.2, 0) is 9.59 Å². The van der Waals surface area contributed by atoms with Crippen molar-refractivity contribution >= 4 is 50.2 Å². The molecule has 1 atom stereocenters. The van der Waals surface area contributed by atoms with Gasteiger partial charge in [0.1, 0.15) is 10.6 Å². The minimum atomic E-state index is -0.665. The van der Waals surface area contributed by atoms with Crippen LogP contribution in [-0.4, -0.2) is 28.7 Å². The number of carbonyl (C=O) groups is 3. The van der Waals surface area contributed by atoms with Crippen LogP contribution in [0.2, 0.25) is 0 Å². The summed E-state index contributed by atoms with van der Waals surface area (Å²) in [6.45, 7) is 0. The molecule has 2 aromatic rings. The smallest absolute Gasteiger partial charge is 0.259 e. The van der Waals surface area contributed by atoms with Gasteiger partial charge in [-0.1, -0.05) is 6.07 Å². The van der Waals surface area contributed by atoms with E-state index in [4.69, 9.17) is 0 Å². The molecule has 0 radical (unpaired) electrons. The first-order chi connectivity index (χ1) is 10.6. The lowest BCUT2D eigenvalue weighted by atomic mass is 10.0. The molecule has 0 bridgehead atoms. The summed E-state index contributed by atoms with van der Waals surface area (Å²) in [6.07, 6.45) is 0.559. The van der Waals surface area contributed by atoms with Crippen LogP contribution in [0.3, 0.4) is 0 Å². The molecule has 0 saturated carbocycles. The van der Waals surface area contributed by atoms with E-state index in [1.165, 1.54) is 4.90 Å². The van der Waals surface area contributed by atoms with Crippen molar-refractivity contribution in [1.29, 1.82) is 0 Å². The monoisotopic (exact) mass is 359 g/mol. The lowest BCUT2D eigenvalue weighted by molar-refractivity contribution is -0.134. The maximum absolute atomic E-state index is 12.8. The van der Waals surface area contributed by atoms with E-state index < -0.39 is 11.9 Å². The number of piperidine rings is 1. The van der Waals surface area contributed by atoms with Crippen LogP contribution in [0.25, 0.3) is 10.9 Å². The number of hydrogen-bond donors (Lipinski definition) is 1.